The van der Waals surface area contributed by atoms with Crippen LogP contribution in [0.2, 0.25) is 0 Å². The van der Waals surface area contributed by atoms with E-state index in [1.165, 1.54) is 17.2 Å². The third-order valence-electron chi connectivity index (χ3n) is 4.22. The van der Waals surface area contributed by atoms with E-state index in [4.69, 9.17) is 5.73 Å². The Morgan fingerprint density at radius 1 is 1.25 bits per heavy atom. The predicted molar refractivity (Wildman–Crippen MR) is 98.6 cm³/mol. The van der Waals surface area contributed by atoms with Crippen LogP contribution in [0.1, 0.15) is 36.5 Å². The van der Waals surface area contributed by atoms with Gasteiger partial charge in [0.1, 0.15) is 5.65 Å². The second-order valence-corrected chi connectivity index (χ2v) is 6.33. The Hall–Kier alpha value is -2.88. The number of H-pyrrole nitrogens is 1. The lowest BCUT2D eigenvalue weighted by atomic mass is 9.94. The third kappa shape index (κ3) is 3.08. The van der Waals surface area contributed by atoms with Crippen LogP contribution in [0.25, 0.3) is 28.2 Å². The molecule has 0 bridgehead atoms. The summed E-state index contributed by atoms with van der Waals surface area (Å²) in [6.07, 6.45) is 6.76. The SMILES string of the molecule is Cc1cc(-c2cnc3[nH]cc(/C=C/C(N)=O)c3c2)ccc1C(C)C. The van der Waals surface area contributed by atoms with Gasteiger partial charge in [-0.25, -0.2) is 4.98 Å². The number of pyridine rings is 1. The van der Waals surface area contributed by atoms with Crippen LogP contribution in [-0.2, 0) is 4.79 Å². The molecule has 2 heterocycles. The summed E-state index contributed by atoms with van der Waals surface area (Å²) in [7, 11) is 0. The van der Waals surface area contributed by atoms with Crippen LogP contribution in [0, 0.1) is 6.92 Å². The van der Waals surface area contributed by atoms with Crippen LogP contribution in [0.5, 0.6) is 0 Å². The van der Waals surface area contributed by atoms with E-state index in [2.05, 4.69) is 55.0 Å². The fourth-order valence-electron chi connectivity index (χ4n) is 2.99. The van der Waals surface area contributed by atoms with Crippen LogP contribution >= 0.6 is 0 Å². The molecular formula is C20H21N3O. The number of nitrogens with zero attached hydrogens (tertiary/aromatic N) is 1. The van der Waals surface area contributed by atoms with Crippen molar-refractivity contribution in [1.82, 2.24) is 9.97 Å². The van der Waals surface area contributed by atoms with Gasteiger partial charge in [0.05, 0.1) is 0 Å². The Labute approximate surface area is 141 Å². The highest BCUT2D eigenvalue weighted by Crippen LogP contribution is 2.28. The maximum atomic E-state index is 11.0. The summed E-state index contributed by atoms with van der Waals surface area (Å²) in [5.41, 5.74) is 11.7. The largest absolute Gasteiger partial charge is 0.366 e. The maximum absolute atomic E-state index is 11.0. The van der Waals surface area contributed by atoms with E-state index in [1.54, 1.807) is 6.08 Å². The number of carbonyl (C=O) groups is 1. The highest BCUT2D eigenvalue weighted by atomic mass is 16.1. The number of aryl methyl sites for hydroxylation is 1. The highest BCUT2D eigenvalue weighted by Gasteiger charge is 2.08. The van der Waals surface area contributed by atoms with Gasteiger partial charge < -0.3 is 10.7 Å². The molecule has 0 aliphatic carbocycles. The van der Waals surface area contributed by atoms with Crippen molar-refractivity contribution in [2.24, 2.45) is 5.73 Å². The number of nitrogens with one attached hydrogen (secondary N) is 1. The zero-order valence-corrected chi connectivity index (χ0v) is 14.1. The standard InChI is InChI=1S/C20H21N3O/c1-12(2)17-6-4-14(8-13(17)3)16-9-18-15(5-7-19(21)24)10-22-20(18)23-11-16/h4-12H,1-3H3,(H2,21,24)(H,22,23)/b7-5+. The number of nitrogens with two attached hydrogens (primary N) is 1. The van der Waals surface area contributed by atoms with E-state index >= 15 is 0 Å². The topological polar surface area (TPSA) is 71.8 Å². The van der Waals surface area contributed by atoms with Crippen molar-refractivity contribution < 1.29 is 4.79 Å². The van der Waals surface area contributed by atoms with Gasteiger partial charge in [0, 0.05) is 35.0 Å². The first-order chi connectivity index (χ1) is 11.5. The summed E-state index contributed by atoms with van der Waals surface area (Å²) in [4.78, 5) is 18.6. The van der Waals surface area contributed by atoms with Crippen LogP contribution in [0.3, 0.4) is 0 Å². The molecule has 4 heteroatoms. The molecule has 2 aromatic heterocycles. The van der Waals surface area contributed by atoms with Crippen LogP contribution in [0.4, 0.5) is 0 Å². The van der Waals surface area contributed by atoms with E-state index in [9.17, 15) is 4.79 Å². The second-order valence-electron chi connectivity index (χ2n) is 6.33. The van der Waals surface area contributed by atoms with Gasteiger partial charge in [-0.15, -0.1) is 0 Å². The third-order valence-corrected chi connectivity index (χ3v) is 4.22. The Kier molecular flexibility index (Phi) is 4.21. The molecule has 0 atom stereocenters. The fraction of sp³-hybridized carbons (Fsp3) is 0.200. The average Bonchev–Trinajstić information content (AvgIpc) is 2.94. The quantitative estimate of drug-likeness (QED) is 0.709. The van der Waals surface area contributed by atoms with E-state index in [0.29, 0.717) is 5.92 Å². The molecule has 0 fully saturated rings. The fourth-order valence-corrected chi connectivity index (χ4v) is 2.99. The highest BCUT2D eigenvalue weighted by molar-refractivity contribution is 5.95. The van der Waals surface area contributed by atoms with Gasteiger partial charge in [-0.3, -0.25) is 4.79 Å². The Morgan fingerprint density at radius 2 is 2.04 bits per heavy atom. The second kappa shape index (κ2) is 6.32. The molecule has 0 unspecified atom stereocenters. The first-order valence-electron chi connectivity index (χ1n) is 8.01. The summed E-state index contributed by atoms with van der Waals surface area (Å²) in [5, 5.41) is 0.968. The zero-order chi connectivity index (χ0) is 17.3. The molecule has 122 valence electrons. The number of amides is 1. The number of carbonyl (C=O) groups excluding carboxylic acids is 1. The summed E-state index contributed by atoms with van der Waals surface area (Å²) in [6.45, 7) is 6.54. The summed E-state index contributed by atoms with van der Waals surface area (Å²) in [5.74, 6) is 0.0447. The molecule has 0 spiro atoms. The number of primary amides is 1. The number of aromatic amines is 1. The predicted octanol–water partition coefficient (Wildman–Crippen LogP) is 4.16. The number of aromatic nitrogens is 2. The number of fused-ring (bicyclic) bond motifs is 1. The molecule has 24 heavy (non-hydrogen) atoms. The molecule has 1 amide bonds. The molecule has 0 saturated carbocycles. The molecule has 0 saturated heterocycles. The minimum absolute atomic E-state index is 0.464. The van der Waals surface area contributed by atoms with Gasteiger partial charge in [0.25, 0.3) is 0 Å². The van der Waals surface area contributed by atoms with E-state index in [-0.39, 0.29) is 0 Å². The minimum atomic E-state index is -0.464. The van der Waals surface area contributed by atoms with Gasteiger partial charge in [0.15, 0.2) is 0 Å². The summed E-state index contributed by atoms with van der Waals surface area (Å²) < 4.78 is 0. The Bertz CT molecular complexity index is 935. The Balaban J connectivity index is 2.06. The summed E-state index contributed by atoms with van der Waals surface area (Å²) >= 11 is 0. The Morgan fingerprint density at radius 3 is 2.71 bits per heavy atom. The summed E-state index contributed by atoms with van der Waals surface area (Å²) in [6, 6.07) is 8.61. The average molecular weight is 319 g/mol. The van der Waals surface area contributed by atoms with E-state index in [0.717, 1.165) is 27.7 Å². The van der Waals surface area contributed by atoms with Crippen molar-refractivity contribution in [2.45, 2.75) is 26.7 Å². The normalized spacial score (nSPS) is 11.7. The molecule has 4 nitrogen and oxygen atoms in total. The van der Waals surface area contributed by atoms with Gasteiger partial charge in [0.2, 0.25) is 5.91 Å². The van der Waals surface area contributed by atoms with Crippen LogP contribution in [-0.4, -0.2) is 15.9 Å². The van der Waals surface area contributed by atoms with Crippen LogP contribution < -0.4 is 5.73 Å². The van der Waals surface area contributed by atoms with Gasteiger partial charge in [-0.05, 0) is 41.7 Å². The van der Waals surface area contributed by atoms with Crippen molar-refractivity contribution in [1.29, 1.82) is 0 Å². The van der Waals surface area contributed by atoms with Crippen molar-refractivity contribution in [3.05, 3.63) is 59.4 Å². The molecular weight excluding hydrogens is 298 g/mol. The first-order valence-corrected chi connectivity index (χ1v) is 8.01. The molecule has 0 aliphatic rings. The smallest absolute Gasteiger partial charge is 0.241 e. The molecule has 1 aromatic carbocycles. The van der Waals surface area contributed by atoms with Crippen LogP contribution in [0.15, 0.2) is 42.7 Å². The number of benzene rings is 1. The number of rotatable bonds is 4. The molecule has 3 N–H and O–H groups in total. The van der Waals surface area contributed by atoms with Crippen molar-refractivity contribution in [3.63, 3.8) is 0 Å². The van der Waals surface area contributed by atoms with Crippen molar-refractivity contribution >= 4 is 23.0 Å². The minimum Gasteiger partial charge on any atom is -0.366 e. The molecule has 3 rings (SSSR count). The van der Waals surface area contributed by atoms with E-state index in [1.807, 2.05) is 12.4 Å². The lowest BCUT2D eigenvalue weighted by Crippen LogP contribution is -2.04. The molecule has 3 aromatic rings. The van der Waals surface area contributed by atoms with Gasteiger partial charge in [-0.2, -0.15) is 0 Å². The van der Waals surface area contributed by atoms with E-state index < -0.39 is 5.91 Å². The lowest BCUT2D eigenvalue weighted by molar-refractivity contribution is -0.113. The van der Waals surface area contributed by atoms with Gasteiger partial charge in [-0.1, -0.05) is 32.0 Å². The van der Waals surface area contributed by atoms with Crippen molar-refractivity contribution in [3.8, 4) is 11.1 Å². The first kappa shape index (κ1) is 16.0. The molecule has 0 aliphatic heterocycles. The zero-order valence-electron chi connectivity index (χ0n) is 14.1. The van der Waals surface area contributed by atoms with Gasteiger partial charge >= 0.3 is 0 Å². The maximum Gasteiger partial charge on any atom is 0.241 e. The monoisotopic (exact) mass is 319 g/mol. The number of hydrogen-bond acceptors (Lipinski definition) is 2. The molecule has 0 radical (unpaired) electrons. The van der Waals surface area contributed by atoms with Crippen molar-refractivity contribution in [2.75, 3.05) is 0 Å². The number of hydrogen-bond donors (Lipinski definition) is 2. The lowest BCUT2D eigenvalue weighted by Gasteiger charge is -2.11.